The van der Waals surface area contributed by atoms with E-state index in [2.05, 4.69) is 20.5 Å². The number of rotatable bonds is 9. The first-order valence-electron chi connectivity index (χ1n) is 11.7. The van der Waals surface area contributed by atoms with Gasteiger partial charge < -0.3 is 14.4 Å². The second kappa shape index (κ2) is 11.8. The summed E-state index contributed by atoms with van der Waals surface area (Å²) in [6, 6.07) is 18.1. The Kier molecular flexibility index (Phi) is 8.05. The van der Waals surface area contributed by atoms with Gasteiger partial charge in [0.25, 0.3) is 11.8 Å². The Hall–Kier alpha value is -4.79. The van der Waals surface area contributed by atoms with E-state index in [0.717, 1.165) is 10.9 Å². The minimum Gasteiger partial charge on any atom is -0.490 e. The number of carbonyl (C=O) groups excluding carboxylic acids is 2. The number of para-hydroxylation sites is 1. The normalized spacial score (nSPS) is 10.9. The Balaban J connectivity index is 1.53. The van der Waals surface area contributed by atoms with Crippen LogP contribution in [0.15, 0.2) is 78.2 Å². The number of likely N-dealkylation sites (N-methyl/N-ethyl adjacent to an activating group) is 1. The molecule has 4 aromatic rings. The average molecular weight is 498 g/mol. The van der Waals surface area contributed by atoms with Gasteiger partial charge in [0.05, 0.1) is 29.6 Å². The SMILES string of the molecule is CCOc1cc(C=NNC(=O)c2cc(-c3cccnc3)nc3ccccc23)ccc1OCC(=O)N(C)C. The number of benzene rings is 2. The van der Waals surface area contributed by atoms with Crippen molar-refractivity contribution in [1.29, 1.82) is 0 Å². The number of hydrazone groups is 1. The van der Waals surface area contributed by atoms with Crippen molar-refractivity contribution in [3.63, 3.8) is 0 Å². The molecule has 0 saturated heterocycles. The fourth-order valence-corrected chi connectivity index (χ4v) is 3.51. The Bertz CT molecular complexity index is 1440. The highest BCUT2D eigenvalue weighted by molar-refractivity contribution is 6.07. The maximum Gasteiger partial charge on any atom is 0.272 e. The first-order valence-corrected chi connectivity index (χ1v) is 11.7. The molecule has 37 heavy (non-hydrogen) atoms. The summed E-state index contributed by atoms with van der Waals surface area (Å²) >= 11 is 0. The largest absolute Gasteiger partial charge is 0.490 e. The van der Waals surface area contributed by atoms with E-state index < -0.39 is 0 Å². The van der Waals surface area contributed by atoms with Crippen molar-refractivity contribution in [3.8, 4) is 22.8 Å². The Morgan fingerprint density at radius 3 is 2.62 bits per heavy atom. The second-order valence-electron chi connectivity index (χ2n) is 8.23. The molecule has 0 fully saturated rings. The second-order valence-corrected chi connectivity index (χ2v) is 8.23. The van der Waals surface area contributed by atoms with E-state index in [1.807, 2.05) is 43.3 Å². The van der Waals surface area contributed by atoms with Crippen LogP contribution in [0, 0.1) is 0 Å². The molecule has 0 atom stereocenters. The molecule has 4 rings (SSSR count). The average Bonchev–Trinajstić information content (AvgIpc) is 2.92. The molecule has 188 valence electrons. The lowest BCUT2D eigenvalue weighted by atomic mass is 10.0. The summed E-state index contributed by atoms with van der Waals surface area (Å²) in [6.07, 6.45) is 4.91. The third-order valence-corrected chi connectivity index (χ3v) is 5.42. The molecule has 9 heteroatoms. The van der Waals surface area contributed by atoms with Gasteiger partial charge in [-0.3, -0.25) is 14.6 Å². The van der Waals surface area contributed by atoms with Crippen molar-refractivity contribution in [3.05, 3.63) is 84.2 Å². The molecule has 0 aliphatic rings. The zero-order valence-corrected chi connectivity index (χ0v) is 20.8. The molecule has 2 heterocycles. The highest BCUT2D eigenvalue weighted by Gasteiger charge is 2.14. The molecular formula is C28H27N5O4. The van der Waals surface area contributed by atoms with Gasteiger partial charge in [-0.05, 0) is 55.0 Å². The van der Waals surface area contributed by atoms with Crippen LogP contribution in [0.25, 0.3) is 22.2 Å². The quantitative estimate of drug-likeness (QED) is 0.278. The summed E-state index contributed by atoms with van der Waals surface area (Å²) in [5.74, 6) is 0.397. The standard InChI is InChI=1S/C28H27N5O4/c1-4-36-26-14-19(11-12-25(26)37-18-27(34)33(2)3)16-30-32-28(35)22-15-24(20-8-7-13-29-17-20)31-23-10-6-5-9-21(22)23/h5-17H,4,18H2,1-3H3,(H,32,35). The molecule has 0 aliphatic heterocycles. The number of nitrogens with one attached hydrogen (secondary N) is 1. The van der Waals surface area contributed by atoms with Gasteiger partial charge in [0.15, 0.2) is 18.1 Å². The summed E-state index contributed by atoms with van der Waals surface area (Å²) < 4.78 is 11.3. The zero-order valence-electron chi connectivity index (χ0n) is 20.8. The number of carbonyl (C=O) groups is 2. The third-order valence-electron chi connectivity index (χ3n) is 5.42. The van der Waals surface area contributed by atoms with Crippen LogP contribution >= 0.6 is 0 Å². The van der Waals surface area contributed by atoms with Gasteiger partial charge >= 0.3 is 0 Å². The smallest absolute Gasteiger partial charge is 0.272 e. The summed E-state index contributed by atoms with van der Waals surface area (Å²) in [5, 5.41) is 4.86. The number of pyridine rings is 2. The van der Waals surface area contributed by atoms with E-state index in [1.54, 1.807) is 50.8 Å². The predicted octanol–water partition coefficient (Wildman–Crippen LogP) is 3.93. The maximum absolute atomic E-state index is 13.1. The highest BCUT2D eigenvalue weighted by Crippen LogP contribution is 2.28. The van der Waals surface area contributed by atoms with E-state index >= 15 is 0 Å². The predicted molar refractivity (Wildman–Crippen MR) is 142 cm³/mol. The number of nitrogens with zero attached hydrogens (tertiary/aromatic N) is 4. The third kappa shape index (κ3) is 6.26. The van der Waals surface area contributed by atoms with Crippen molar-refractivity contribution >= 4 is 28.9 Å². The highest BCUT2D eigenvalue weighted by atomic mass is 16.5. The molecule has 1 N–H and O–H groups in total. The molecule has 0 aliphatic carbocycles. The number of fused-ring (bicyclic) bond motifs is 1. The van der Waals surface area contributed by atoms with E-state index in [0.29, 0.717) is 40.4 Å². The van der Waals surface area contributed by atoms with Crippen molar-refractivity contribution in [2.24, 2.45) is 5.10 Å². The molecule has 2 aromatic carbocycles. The van der Waals surface area contributed by atoms with E-state index in [-0.39, 0.29) is 18.4 Å². The van der Waals surface area contributed by atoms with E-state index in [4.69, 9.17) is 9.47 Å². The first kappa shape index (κ1) is 25.3. The lowest BCUT2D eigenvalue weighted by Crippen LogP contribution is -2.27. The maximum atomic E-state index is 13.1. The fourth-order valence-electron chi connectivity index (χ4n) is 3.51. The van der Waals surface area contributed by atoms with Crippen molar-refractivity contribution < 1.29 is 19.1 Å². The van der Waals surface area contributed by atoms with Gasteiger partial charge in [-0.15, -0.1) is 0 Å². The first-order chi connectivity index (χ1) is 18.0. The van der Waals surface area contributed by atoms with Gasteiger partial charge in [-0.1, -0.05) is 18.2 Å². The fraction of sp³-hybridized carbons (Fsp3) is 0.179. The van der Waals surface area contributed by atoms with Gasteiger partial charge in [0.2, 0.25) is 0 Å². The molecule has 0 unspecified atom stereocenters. The lowest BCUT2D eigenvalue weighted by Gasteiger charge is -2.14. The van der Waals surface area contributed by atoms with Crippen LogP contribution in [0.4, 0.5) is 0 Å². The summed E-state index contributed by atoms with van der Waals surface area (Å²) in [5.41, 5.74) is 5.89. The Morgan fingerprint density at radius 1 is 1.03 bits per heavy atom. The van der Waals surface area contributed by atoms with Crippen molar-refractivity contribution in [1.82, 2.24) is 20.3 Å². The van der Waals surface area contributed by atoms with E-state index in [9.17, 15) is 9.59 Å². The Morgan fingerprint density at radius 2 is 1.86 bits per heavy atom. The van der Waals surface area contributed by atoms with Crippen LogP contribution in [0.5, 0.6) is 11.5 Å². The minimum absolute atomic E-state index is 0.0997. The van der Waals surface area contributed by atoms with Crippen molar-refractivity contribution in [2.75, 3.05) is 27.3 Å². The van der Waals surface area contributed by atoms with Crippen molar-refractivity contribution in [2.45, 2.75) is 6.92 Å². The van der Waals surface area contributed by atoms with Crippen LogP contribution in [-0.2, 0) is 4.79 Å². The number of aromatic nitrogens is 2. The molecule has 0 radical (unpaired) electrons. The summed E-state index contributed by atoms with van der Waals surface area (Å²) in [7, 11) is 3.33. The summed E-state index contributed by atoms with van der Waals surface area (Å²) in [6.45, 7) is 2.18. The summed E-state index contributed by atoms with van der Waals surface area (Å²) in [4.78, 5) is 35.2. The van der Waals surface area contributed by atoms with Crippen LogP contribution < -0.4 is 14.9 Å². The number of hydrogen-bond acceptors (Lipinski definition) is 7. The van der Waals surface area contributed by atoms with Crippen LogP contribution in [0.2, 0.25) is 0 Å². The molecule has 0 bridgehead atoms. The van der Waals surface area contributed by atoms with Crippen LogP contribution in [0.1, 0.15) is 22.8 Å². The molecule has 0 spiro atoms. The van der Waals surface area contributed by atoms with Gasteiger partial charge in [-0.25, -0.2) is 10.4 Å². The molecule has 9 nitrogen and oxygen atoms in total. The Labute approximate surface area is 214 Å². The van der Waals surface area contributed by atoms with Gasteiger partial charge in [0, 0.05) is 37.4 Å². The molecule has 2 aromatic heterocycles. The minimum atomic E-state index is -0.368. The lowest BCUT2D eigenvalue weighted by molar-refractivity contribution is -0.130. The topological polar surface area (TPSA) is 106 Å². The molecular weight excluding hydrogens is 470 g/mol. The number of amides is 2. The molecule has 2 amide bonds. The zero-order chi connectivity index (χ0) is 26.2. The monoisotopic (exact) mass is 497 g/mol. The molecule has 0 saturated carbocycles. The van der Waals surface area contributed by atoms with Gasteiger partial charge in [-0.2, -0.15) is 5.10 Å². The number of ether oxygens (including phenoxy) is 2. The van der Waals surface area contributed by atoms with Crippen LogP contribution in [-0.4, -0.2) is 60.2 Å². The van der Waals surface area contributed by atoms with E-state index in [1.165, 1.54) is 11.1 Å². The number of hydrogen-bond donors (Lipinski definition) is 1. The van der Waals surface area contributed by atoms with Gasteiger partial charge in [0.1, 0.15) is 0 Å². The van der Waals surface area contributed by atoms with Crippen LogP contribution in [0.3, 0.4) is 0 Å².